The first kappa shape index (κ1) is 26.1. The summed E-state index contributed by atoms with van der Waals surface area (Å²) in [6.45, 7) is 14.2. The van der Waals surface area contributed by atoms with Gasteiger partial charge in [0.05, 0.1) is 49.4 Å². The molecule has 1 amide bonds. The van der Waals surface area contributed by atoms with Crippen LogP contribution in [0.15, 0.2) is 24.4 Å². The Hall–Kier alpha value is -2.53. The third kappa shape index (κ3) is 5.75. The molecule has 9 nitrogen and oxygen atoms in total. The summed E-state index contributed by atoms with van der Waals surface area (Å²) < 4.78 is 17.6. The number of aryl methyl sites for hydroxylation is 1. The van der Waals surface area contributed by atoms with Crippen LogP contribution < -0.4 is 10.1 Å². The number of anilines is 1. The maximum absolute atomic E-state index is 11.1. The first-order valence-electron chi connectivity index (χ1n) is 11.3. The number of nitrogens with one attached hydrogen (secondary N) is 1. The van der Waals surface area contributed by atoms with Crippen molar-refractivity contribution < 1.29 is 28.9 Å². The predicted molar refractivity (Wildman–Crippen MR) is 132 cm³/mol. The standard InChI is InChI=1S/C24H35N3O6Si/c1-16-19(11-18(12-25-16)26-22(29)30)17-9-20(24(13-28)14-31-15-24)27-21(10-17)32-7-8-33-34(5,6)23(2,3)4/h9-12,26,28H,7-8,13-15H2,1-6H3,(H,29,30). The molecule has 0 bridgehead atoms. The van der Waals surface area contributed by atoms with Crippen molar-refractivity contribution in [3.8, 4) is 17.0 Å². The van der Waals surface area contributed by atoms with E-state index in [4.69, 9.17) is 19.0 Å². The minimum Gasteiger partial charge on any atom is -0.475 e. The van der Waals surface area contributed by atoms with Crippen molar-refractivity contribution in [1.82, 2.24) is 9.97 Å². The molecule has 0 atom stereocenters. The average Bonchev–Trinajstić information content (AvgIpc) is 2.71. The van der Waals surface area contributed by atoms with Crippen LogP contribution in [0.5, 0.6) is 5.88 Å². The summed E-state index contributed by atoms with van der Waals surface area (Å²) in [7, 11) is -1.89. The molecule has 0 saturated carbocycles. The van der Waals surface area contributed by atoms with E-state index < -0.39 is 19.8 Å². The van der Waals surface area contributed by atoms with Crippen molar-refractivity contribution >= 4 is 20.1 Å². The van der Waals surface area contributed by atoms with Gasteiger partial charge in [0.25, 0.3) is 0 Å². The Kier molecular flexibility index (Phi) is 7.66. The lowest BCUT2D eigenvalue weighted by atomic mass is 9.82. The van der Waals surface area contributed by atoms with E-state index in [0.717, 1.165) is 16.8 Å². The molecule has 3 rings (SSSR count). The lowest BCUT2D eigenvalue weighted by Crippen LogP contribution is -2.50. The van der Waals surface area contributed by atoms with Crippen molar-refractivity contribution in [2.75, 3.05) is 38.4 Å². The Morgan fingerprint density at radius 2 is 1.94 bits per heavy atom. The molecular formula is C24H35N3O6Si. The zero-order valence-electron chi connectivity index (χ0n) is 20.8. The molecule has 2 aromatic heterocycles. The van der Waals surface area contributed by atoms with Crippen LogP contribution in [0.1, 0.15) is 32.2 Å². The molecule has 0 spiro atoms. The molecule has 186 valence electrons. The Morgan fingerprint density at radius 1 is 1.24 bits per heavy atom. The molecule has 3 heterocycles. The number of aromatic nitrogens is 2. The normalized spacial score (nSPS) is 15.5. The lowest BCUT2D eigenvalue weighted by molar-refractivity contribution is -0.0863. The van der Waals surface area contributed by atoms with Gasteiger partial charge in [-0.2, -0.15) is 0 Å². The van der Waals surface area contributed by atoms with E-state index in [2.05, 4.69) is 49.1 Å². The van der Waals surface area contributed by atoms with Crippen molar-refractivity contribution in [3.63, 3.8) is 0 Å². The van der Waals surface area contributed by atoms with Gasteiger partial charge >= 0.3 is 6.09 Å². The van der Waals surface area contributed by atoms with Crippen LogP contribution in [0, 0.1) is 6.92 Å². The van der Waals surface area contributed by atoms with Gasteiger partial charge in [0, 0.05) is 17.3 Å². The summed E-state index contributed by atoms with van der Waals surface area (Å²) in [5, 5.41) is 21.6. The summed E-state index contributed by atoms with van der Waals surface area (Å²) in [5.41, 5.74) is 2.66. The van der Waals surface area contributed by atoms with E-state index in [9.17, 15) is 9.90 Å². The number of aliphatic hydroxyl groups is 1. The van der Waals surface area contributed by atoms with E-state index in [0.29, 0.717) is 43.7 Å². The fourth-order valence-corrected chi connectivity index (χ4v) is 4.38. The topological polar surface area (TPSA) is 123 Å². The summed E-state index contributed by atoms with van der Waals surface area (Å²) in [5.74, 6) is 0.405. The first-order chi connectivity index (χ1) is 15.9. The second-order valence-corrected chi connectivity index (χ2v) is 15.1. The summed E-state index contributed by atoms with van der Waals surface area (Å²) >= 11 is 0. The number of aliphatic hydroxyl groups excluding tert-OH is 1. The fourth-order valence-electron chi connectivity index (χ4n) is 3.35. The molecular weight excluding hydrogens is 454 g/mol. The molecule has 0 aromatic carbocycles. The molecule has 0 unspecified atom stereocenters. The maximum atomic E-state index is 11.1. The van der Waals surface area contributed by atoms with Gasteiger partial charge in [0.15, 0.2) is 8.32 Å². The number of hydrogen-bond acceptors (Lipinski definition) is 7. The average molecular weight is 490 g/mol. The summed E-state index contributed by atoms with van der Waals surface area (Å²) in [4.78, 5) is 20.1. The van der Waals surface area contributed by atoms with E-state index >= 15 is 0 Å². The Balaban J connectivity index is 1.89. The highest BCUT2D eigenvalue weighted by Gasteiger charge is 2.42. The highest BCUT2D eigenvalue weighted by atomic mass is 28.4. The van der Waals surface area contributed by atoms with Gasteiger partial charge in [0.2, 0.25) is 5.88 Å². The zero-order valence-corrected chi connectivity index (χ0v) is 21.8. The predicted octanol–water partition coefficient (Wildman–Crippen LogP) is 4.20. The second kappa shape index (κ2) is 9.99. The van der Waals surface area contributed by atoms with Crippen LogP contribution in [-0.4, -0.2) is 67.6 Å². The molecule has 34 heavy (non-hydrogen) atoms. The van der Waals surface area contributed by atoms with Crippen LogP contribution in [0.2, 0.25) is 18.1 Å². The van der Waals surface area contributed by atoms with Gasteiger partial charge in [-0.05, 0) is 42.8 Å². The largest absolute Gasteiger partial charge is 0.475 e. The monoisotopic (exact) mass is 489 g/mol. The van der Waals surface area contributed by atoms with Gasteiger partial charge < -0.3 is 24.1 Å². The van der Waals surface area contributed by atoms with E-state index in [1.54, 1.807) is 12.1 Å². The van der Waals surface area contributed by atoms with Crippen LogP contribution >= 0.6 is 0 Å². The number of nitrogens with zero attached hydrogens (tertiary/aromatic N) is 2. The molecule has 1 saturated heterocycles. The van der Waals surface area contributed by atoms with Crippen molar-refractivity contribution in [2.24, 2.45) is 0 Å². The third-order valence-electron chi connectivity index (χ3n) is 6.66. The lowest BCUT2D eigenvalue weighted by Gasteiger charge is -2.39. The van der Waals surface area contributed by atoms with E-state index in [1.165, 1.54) is 6.20 Å². The Bertz CT molecular complexity index is 1030. The Labute approximate surface area is 201 Å². The highest BCUT2D eigenvalue weighted by molar-refractivity contribution is 6.74. The number of carboxylic acid groups (broad SMARTS) is 1. The minimum absolute atomic E-state index is 0.102. The van der Waals surface area contributed by atoms with Crippen molar-refractivity contribution in [3.05, 3.63) is 35.8 Å². The van der Waals surface area contributed by atoms with Crippen LogP contribution in [0.25, 0.3) is 11.1 Å². The molecule has 2 aromatic rings. The summed E-state index contributed by atoms with van der Waals surface area (Å²) in [6.07, 6.45) is 0.309. The first-order valence-corrected chi connectivity index (χ1v) is 14.2. The van der Waals surface area contributed by atoms with Gasteiger partial charge in [-0.25, -0.2) is 9.78 Å². The molecule has 1 aliphatic rings. The SMILES string of the molecule is Cc1ncc(NC(=O)O)cc1-c1cc(OCCO[Si](C)(C)C(C)(C)C)nc(C2(CO)COC2)c1. The fraction of sp³-hybridized carbons (Fsp3) is 0.542. The summed E-state index contributed by atoms with van der Waals surface area (Å²) in [6, 6.07) is 5.41. The van der Waals surface area contributed by atoms with Gasteiger partial charge in [-0.15, -0.1) is 0 Å². The highest BCUT2D eigenvalue weighted by Crippen LogP contribution is 2.37. The molecule has 3 N–H and O–H groups in total. The second-order valence-electron chi connectivity index (χ2n) is 10.3. The minimum atomic E-state index is -1.89. The molecule has 1 aliphatic heterocycles. The number of rotatable bonds is 9. The molecule has 0 radical (unpaired) electrons. The van der Waals surface area contributed by atoms with Gasteiger partial charge in [0.1, 0.15) is 6.61 Å². The Morgan fingerprint density at radius 3 is 2.50 bits per heavy atom. The van der Waals surface area contributed by atoms with Crippen LogP contribution in [0.4, 0.5) is 10.5 Å². The third-order valence-corrected chi connectivity index (χ3v) is 11.2. The number of hydrogen-bond donors (Lipinski definition) is 3. The number of ether oxygens (including phenoxy) is 2. The van der Waals surface area contributed by atoms with E-state index in [-0.39, 0.29) is 11.6 Å². The molecule has 1 fully saturated rings. The zero-order chi connectivity index (χ0) is 25.1. The van der Waals surface area contributed by atoms with E-state index in [1.807, 2.05) is 13.0 Å². The van der Waals surface area contributed by atoms with Crippen molar-refractivity contribution in [2.45, 2.75) is 51.2 Å². The quantitative estimate of drug-likeness (QED) is 0.354. The smallest absolute Gasteiger partial charge is 0.409 e. The van der Waals surface area contributed by atoms with Gasteiger partial charge in [-0.1, -0.05) is 20.8 Å². The maximum Gasteiger partial charge on any atom is 0.409 e. The molecule has 10 heteroatoms. The van der Waals surface area contributed by atoms with Crippen LogP contribution in [0.3, 0.4) is 0 Å². The van der Waals surface area contributed by atoms with Crippen LogP contribution in [-0.2, 0) is 14.6 Å². The van der Waals surface area contributed by atoms with Crippen molar-refractivity contribution in [1.29, 1.82) is 0 Å². The van der Waals surface area contributed by atoms with Gasteiger partial charge in [-0.3, -0.25) is 10.3 Å². The number of amides is 1. The number of pyridine rings is 2. The number of carbonyl (C=O) groups is 1. The molecule has 0 aliphatic carbocycles.